The first-order valence-electron chi connectivity index (χ1n) is 7.75. The van der Waals surface area contributed by atoms with Crippen LogP contribution in [0.5, 0.6) is 0 Å². The van der Waals surface area contributed by atoms with Crippen LogP contribution in [0.2, 0.25) is 0 Å². The van der Waals surface area contributed by atoms with E-state index in [4.69, 9.17) is 0 Å². The van der Waals surface area contributed by atoms with Crippen molar-refractivity contribution < 1.29 is 26.4 Å². The van der Waals surface area contributed by atoms with Gasteiger partial charge >= 0.3 is 0 Å². The molecule has 6 nitrogen and oxygen atoms in total. The van der Waals surface area contributed by atoms with Crippen molar-refractivity contribution in [2.45, 2.75) is 5.16 Å². The average Bonchev–Trinajstić information content (AvgIpc) is 2.64. The van der Waals surface area contributed by atoms with Crippen LogP contribution in [0.1, 0.15) is 10.4 Å². The standard InChI is InChI=1S/C18H12F3N3O3S/c1-28(26,27)18-23-15(10-5-2-3-6-12(10)19)11(9-25)17(24-18)22-16-13(20)7-4-8-14(16)21/h2-9H,1H3,(H,22,23,24). The molecule has 0 aliphatic rings. The van der Waals surface area contributed by atoms with Crippen molar-refractivity contribution in [1.82, 2.24) is 9.97 Å². The molecule has 0 bridgehead atoms. The minimum absolute atomic E-state index is 0.172. The zero-order valence-electron chi connectivity index (χ0n) is 14.3. The van der Waals surface area contributed by atoms with Crippen LogP contribution < -0.4 is 5.32 Å². The van der Waals surface area contributed by atoms with E-state index < -0.39 is 44.0 Å². The summed E-state index contributed by atoms with van der Waals surface area (Å²) in [5.41, 5.74) is -1.51. The number of carbonyl (C=O) groups excluding carboxylic acids is 1. The molecule has 0 radical (unpaired) electrons. The largest absolute Gasteiger partial charge is 0.335 e. The van der Waals surface area contributed by atoms with E-state index in [0.29, 0.717) is 0 Å². The first kappa shape index (κ1) is 19.5. The maximum Gasteiger partial charge on any atom is 0.249 e. The number of nitrogens with one attached hydrogen (secondary N) is 1. The van der Waals surface area contributed by atoms with Gasteiger partial charge in [-0.05, 0) is 24.3 Å². The van der Waals surface area contributed by atoms with Crippen LogP contribution in [0.3, 0.4) is 0 Å². The van der Waals surface area contributed by atoms with Gasteiger partial charge in [-0.2, -0.15) is 4.98 Å². The van der Waals surface area contributed by atoms with Crippen molar-refractivity contribution in [3.63, 3.8) is 0 Å². The number of carbonyl (C=O) groups is 1. The maximum atomic E-state index is 14.2. The summed E-state index contributed by atoms with van der Waals surface area (Å²) < 4.78 is 66.1. The van der Waals surface area contributed by atoms with Crippen LogP contribution in [0, 0.1) is 17.5 Å². The van der Waals surface area contributed by atoms with Crippen molar-refractivity contribution in [3.05, 3.63) is 65.5 Å². The maximum absolute atomic E-state index is 14.2. The summed E-state index contributed by atoms with van der Waals surface area (Å²) in [6.45, 7) is 0. The molecule has 0 amide bonds. The molecule has 1 heterocycles. The summed E-state index contributed by atoms with van der Waals surface area (Å²) in [6.07, 6.45) is 1.05. The van der Waals surface area contributed by atoms with Gasteiger partial charge in [-0.15, -0.1) is 0 Å². The first-order chi connectivity index (χ1) is 13.2. The molecule has 144 valence electrons. The molecule has 0 saturated carbocycles. The Balaban J connectivity index is 2.32. The summed E-state index contributed by atoms with van der Waals surface area (Å²) in [5.74, 6) is -3.24. The van der Waals surface area contributed by atoms with Gasteiger partial charge < -0.3 is 5.32 Å². The molecule has 3 rings (SSSR count). The smallest absolute Gasteiger partial charge is 0.249 e. The lowest BCUT2D eigenvalue weighted by Gasteiger charge is -2.14. The summed E-state index contributed by atoms with van der Waals surface area (Å²) in [6, 6.07) is 8.28. The Morgan fingerprint density at radius 2 is 1.54 bits per heavy atom. The molecule has 0 fully saturated rings. The molecule has 1 N–H and O–H groups in total. The molecule has 3 aromatic rings. The number of para-hydroxylation sites is 1. The molecule has 0 spiro atoms. The lowest BCUT2D eigenvalue weighted by atomic mass is 10.1. The van der Waals surface area contributed by atoms with E-state index in [1.807, 2.05) is 0 Å². The quantitative estimate of drug-likeness (QED) is 0.514. The zero-order valence-corrected chi connectivity index (χ0v) is 15.1. The van der Waals surface area contributed by atoms with Crippen LogP contribution in [0.25, 0.3) is 11.3 Å². The fourth-order valence-electron chi connectivity index (χ4n) is 2.42. The Morgan fingerprint density at radius 1 is 0.929 bits per heavy atom. The predicted octanol–water partition coefficient (Wildman–Crippen LogP) is 3.52. The molecule has 10 heteroatoms. The molecular formula is C18H12F3N3O3S. The number of sulfone groups is 1. The van der Waals surface area contributed by atoms with Crippen LogP contribution >= 0.6 is 0 Å². The Kier molecular flexibility index (Phi) is 5.14. The Labute approximate surface area is 158 Å². The summed E-state index contributed by atoms with van der Waals surface area (Å²) in [7, 11) is -3.99. The number of aromatic nitrogens is 2. The lowest BCUT2D eigenvalue weighted by molar-refractivity contribution is 0.112. The van der Waals surface area contributed by atoms with Crippen LogP contribution in [-0.2, 0) is 9.84 Å². The van der Waals surface area contributed by atoms with Gasteiger partial charge in [0.1, 0.15) is 29.0 Å². The van der Waals surface area contributed by atoms with E-state index in [9.17, 15) is 26.4 Å². The molecule has 1 aromatic heterocycles. The third-order valence-electron chi connectivity index (χ3n) is 3.71. The van der Waals surface area contributed by atoms with Crippen molar-refractivity contribution >= 4 is 27.6 Å². The normalized spacial score (nSPS) is 11.3. The van der Waals surface area contributed by atoms with Crippen molar-refractivity contribution in [2.75, 3.05) is 11.6 Å². The average molecular weight is 407 g/mol. The number of aldehydes is 1. The molecule has 0 aliphatic carbocycles. The molecule has 28 heavy (non-hydrogen) atoms. The fourth-order valence-corrected chi connectivity index (χ4v) is 2.93. The van der Waals surface area contributed by atoms with Gasteiger partial charge in [0.05, 0.1) is 11.3 Å². The SMILES string of the molecule is CS(=O)(=O)c1nc(Nc2c(F)cccc2F)c(C=O)c(-c2ccccc2F)n1. The molecule has 0 atom stereocenters. The highest BCUT2D eigenvalue weighted by Crippen LogP contribution is 2.31. The van der Waals surface area contributed by atoms with Crippen LogP contribution in [-0.4, -0.2) is 30.9 Å². The van der Waals surface area contributed by atoms with Crippen LogP contribution in [0.4, 0.5) is 24.7 Å². The highest BCUT2D eigenvalue weighted by molar-refractivity contribution is 7.90. The highest BCUT2D eigenvalue weighted by atomic mass is 32.2. The zero-order chi connectivity index (χ0) is 20.5. The number of benzene rings is 2. The number of hydrogen-bond donors (Lipinski definition) is 1. The van der Waals surface area contributed by atoms with Gasteiger partial charge in [-0.25, -0.2) is 26.6 Å². The minimum Gasteiger partial charge on any atom is -0.335 e. The van der Waals surface area contributed by atoms with Gasteiger partial charge in [-0.1, -0.05) is 18.2 Å². The molecule has 0 aliphatic heterocycles. The number of rotatable bonds is 5. The third-order valence-corrected chi connectivity index (χ3v) is 4.56. The van der Waals surface area contributed by atoms with E-state index in [1.165, 1.54) is 18.2 Å². The van der Waals surface area contributed by atoms with Crippen molar-refractivity contribution in [2.24, 2.45) is 0 Å². The predicted molar refractivity (Wildman–Crippen MR) is 95.6 cm³/mol. The lowest BCUT2D eigenvalue weighted by Crippen LogP contribution is -2.12. The van der Waals surface area contributed by atoms with Crippen molar-refractivity contribution in [3.8, 4) is 11.3 Å². The van der Waals surface area contributed by atoms with Gasteiger partial charge in [0.15, 0.2) is 6.29 Å². The topological polar surface area (TPSA) is 89.0 Å². The number of hydrogen-bond acceptors (Lipinski definition) is 6. The molecule has 0 saturated heterocycles. The monoisotopic (exact) mass is 407 g/mol. The third kappa shape index (κ3) is 3.72. The second-order valence-electron chi connectivity index (χ2n) is 5.71. The fraction of sp³-hybridized carbons (Fsp3) is 0.0556. The molecule has 0 unspecified atom stereocenters. The van der Waals surface area contributed by atoms with Gasteiger partial charge in [-0.3, -0.25) is 4.79 Å². The van der Waals surface area contributed by atoms with E-state index in [0.717, 1.165) is 30.5 Å². The number of halogens is 3. The van der Waals surface area contributed by atoms with Gasteiger partial charge in [0.2, 0.25) is 15.0 Å². The van der Waals surface area contributed by atoms with E-state index in [1.54, 1.807) is 0 Å². The summed E-state index contributed by atoms with van der Waals surface area (Å²) >= 11 is 0. The number of anilines is 2. The second kappa shape index (κ2) is 7.39. The molecular weight excluding hydrogens is 395 g/mol. The van der Waals surface area contributed by atoms with Gasteiger partial charge in [0, 0.05) is 11.8 Å². The van der Waals surface area contributed by atoms with Gasteiger partial charge in [0.25, 0.3) is 0 Å². The Morgan fingerprint density at radius 3 is 2.11 bits per heavy atom. The summed E-state index contributed by atoms with van der Waals surface area (Å²) in [4.78, 5) is 19.2. The van der Waals surface area contributed by atoms with Crippen LogP contribution in [0.15, 0.2) is 47.6 Å². The second-order valence-corrected chi connectivity index (χ2v) is 7.62. The summed E-state index contributed by atoms with van der Waals surface area (Å²) in [5, 5.41) is 1.54. The molecule has 2 aromatic carbocycles. The van der Waals surface area contributed by atoms with Crippen molar-refractivity contribution in [1.29, 1.82) is 0 Å². The highest BCUT2D eigenvalue weighted by Gasteiger charge is 2.23. The Hall–Kier alpha value is -3.27. The van der Waals surface area contributed by atoms with E-state index in [-0.39, 0.29) is 23.1 Å². The van der Waals surface area contributed by atoms with E-state index in [2.05, 4.69) is 15.3 Å². The minimum atomic E-state index is -3.99. The first-order valence-corrected chi connectivity index (χ1v) is 9.64. The Bertz CT molecular complexity index is 1160. The number of nitrogens with zero attached hydrogens (tertiary/aromatic N) is 2. The van der Waals surface area contributed by atoms with E-state index >= 15 is 0 Å².